The summed E-state index contributed by atoms with van der Waals surface area (Å²) in [5.74, 6) is -0.188. The van der Waals surface area contributed by atoms with Gasteiger partial charge in [-0.15, -0.1) is 0 Å². The van der Waals surface area contributed by atoms with Crippen molar-refractivity contribution < 1.29 is 4.79 Å². The summed E-state index contributed by atoms with van der Waals surface area (Å²) in [4.78, 5) is 23.5. The molecule has 0 saturated heterocycles. The van der Waals surface area contributed by atoms with Gasteiger partial charge in [0.2, 0.25) is 0 Å². The fourth-order valence-corrected chi connectivity index (χ4v) is 1.73. The summed E-state index contributed by atoms with van der Waals surface area (Å²) in [5, 5.41) is 3.81. The number of nitrogens with one attached hydrogen (secondary N) is 1. The molecule has 1 amide bonds. The number of fused-ring (bicyclic) bond motifs is 1. The minimum atomic E-state index is -0.188. The van der Waals surface area contributed by atoms with E-state index in [2.05, 4.69) is 5.32 Å². The summed E-state index contributed by atoms with van der Waals surface area (Å²) < 4.78 is 1.42. The van der Waals surface area contributed by atoms with E-state index in [-0.39, 0.29) is 11.5 Å². The molecule has 0 spiro atoms. The van der Waals surface area contributed by atoms with Crippen molar-refractivity contribution >= 4 is 16.7 Å². The van der Waals surface area contributed by atoms with E-state index in [9.17, 15) is 9.59 Å². The molecule has 0 saturated carbocycles. The first kappa shape index (κ1) is 10.4. The van der Waals surface area contributed by atoms with Crippen LogP contribution in [0, 0.1) is 0 Å². The number of aryl methyl sites for hydroxylation is 1. The quantitative estimate of drug-likeness (QED) is 0.770. The van der Waals surface area contributed by atoms with Gasteiger partial charge < -0.3 is 9.88 Å². The van der Waals surface area contributed by atoms with Crippen LogP contribution in [0.2, 0.25) is 0 Å². The van der Waals surface area contributed by atoms with Gasteiger partial charge in [-0.1, -0.05) is 18.2 Å². The summed E-state index contributed by atoms with van der Waals surface area (Å²) in [6.45, 7) is 0. The molecule has 0 radical (unpaired) electrons. The number of carbonyl (C=O) groups is 1. The predicted octanol–water partition coefficient (Wildman–Crippen LogP) is 0.898. The zero-order valence-corrected chi connectivity index (χ0v) is 9.15. The van der Waals surface area contributed by atoms with Crippen LogP contribution < -0.4 is 10.9 Å². The minimum absolute atomic E-state index is 0.0942. The fraction of sp³-hybridized carbons (Fsp3) is 0.167. The Morgan fingerprint density at radius 3 is 2.50 bits per heavy atom. The molecule has 0 aliphatic carbocycles. The van der Waals surface area contributed by atoms with E-state index < -0.39 is 0 Å². The maximum Gasteiger partial charge on any atom is 0.258 e. The van der Waals surface area contributed by atoms with Crippen LogP contribution in [-0.4, -0.2) is 17.5 Å². The van der Waals surface area contributed by atoms with Gasteiger partial charge in [0.15, 0.2) is 0 Å². The number of benzene rings is 1. The molecule has 0 aliphatic rings. The number of amides is 1. The smallest absolute Gasteiger partial charge is 0.258 e. The van der Waals surface area contributed by atoms with Gasteiger partial charge in [0, 0.05) is 31.1 Å². The Morgan fingerprint density at radius 2 is 1.88 bits per heavy atom. The summed E-state index contributed by atoms with van der Waals surface area (Å²) in [7, 11) is 3.21. The van der Waals surface area contributed by atoms with Crippen LogP contribution in [0.15, 0.2) is 35.3 Å². The second-order valence-corrected chi connectivity index (χ2v) is 3.58. The van der Waals surface area contributed by atoms with Gasteiger partial charge in [0.25, 0.3) is 11.5 Å². The Bertz CT molecular complexity index is 614. The number of carbonyl (C=O) groups excluding carboxylic acids is 1. The van der Waals surface area contributed by atoms with Crippen LogP contribution in [0.3, 0.4) is 0 Å². The topological polar surface area (TPSA) is 51.1 Å². The lowest BCUT2D eigenvalue weighted by molar-refractivity contribution is 0.0964. The Labute approximate surface area is 92.5 Å². The van der Waals surface area contributed by atoms with E-state index in [0.29, 0.717) is 16.3 Å². The molecule has 0 fully saturated rings. The first-order chi connectivity index (χ1) is 7.65. The van der Waals surface area contributed by atoms with Crippen molar-refractivity contribution in [1.29, 1.82) is 0 Å². The van der Waals surface area contributed by atoms with E-state index in [1.54, 1.807) is 38.5 Å². The molecule has 1 N–H and O–H groups in total. The highest BCUT2D eigenvalue weighted by molar-refractivity contribution is 6.06. The molecule has 0 aliphatic heterocycles. The lowest BCUT2D eigenvalue weighted by atomic mass is 10.1. The predicted molar refractivity (Wildman–Crippen MR) is 62.6 cm³/mol. The first-order valence-corrected chi connectivity index (χ1v) is 4.95. The highest BCUT2D eigenvalue weighted by atomic mass is 16.1. The van der Waals surface area contributed by atoms with Crippen molar-refractivity contribution in [3.8, 4) is 0 Å². The Morgan fingerprint density at radius 1 is 1.25 bits per heavy atom. The average molecular weight is 216 g/mol. The summed E-state index contributed by atoms with van der Waals surface area (Å²) in [6.07, 6.45) is 1.56. The van der Waals surface area contributed by atoms with Gasteiger partial charge in [0.05, 0.1) is 5.56 Å². The van der Waals surface area contributed by atoms with Gasteiger partial charge >= 0.3 is 0 Å². The van der Waals surface area contributed by atoms with Crippen LogP contribution in [0.5, 0.6) is 0 Å². The standard InChI is InChI=1S/C12H12N2O2/c1-13-11(15)10-7-14(2)12(16)9-6-4-3-5-8(9)10/h3-7H,1-2H3,(H,13,15). The summed E-state index contributed by atoms with van der Waals surface area (Å²) in [6, 6.07) is 7.11. The minimum Gasteiger partial charge on any atom is -0.355 e. The zero-order chi connectivity index (χ0) is 11.7. The normalized spacial score (nSPS) is 10.4. The number of nitrogens with zero attached hydrogens (tertiary/aromatic N) is 1. The second kappa shape index (κ2) is 3.81. The maximum absolute atomic E-state index is 11.8. The van der Waals surface area contributed by atoms with Crippen molar-refractivity contribution in [2.24, 2.45) is 7.05 Å². The SMILES string of the molecule is CNC(=O)c1cn(C)c(=O)c2ccccc12. The third-order valence-electron chi connectivity index (χ3n) is 2.56. The lowest BCUT2D eigenvalue weighted by Gasteiger charge is -2.07. The Kier molecular flexibility index (Phi) is 2.48. The van der Waals surface area contributed by atoms with Crippen LogP contribution in [-0.2, 0) is 7.05 Å². The number of rotatable bonds is 1. The van der Waals surface area contributed by atoms with Gasteiger partial charge in [0.1, 0.15) is 0 Å². The number of aromatic nitrogens is 1. The van der Waals surface area contributed by atoms with Crippen LogP contribution >= 0.6 is 0 Å². The number of hydrogen-bond donors (Lipinski definition) is 1. The summed E-state index contributed by atoms with van der Waals surface area (Å²) in [5.41, 5.74) is 0.420. The molecule has 4 nitrogen and oxygen atoms in total. The number of pyridine rings is 1. The molecule has 0 bridgehead atoms. The van der Waals surface area contributed by atoms with Gasteiger partial charge in [-0.3, -0.25) is 9.59 Å². The Balaban J connectivity index is 2.90. The molecule has 1 aromatic heterocycles. The Hall–Kier alpha value is -2.10. The van der Waals surface area contributed by atoms with E-state index >= 15 is 0 Å². The van der Waals surface area contributed by atoms with Gasteiger partial charge in [-0.05, 0) is 6.07 Å². The first-order valence-electron chi connectivity index (χ1n) is 4.95. The lowest BCUT2D eigenvalue weighted by Crippen LogP contribution is -2.23. The van der Waals surface area contributed by atoms with Crippen molar-refractivity contribution in [1.82, 2.24) is 9.88 Å². The fourth-order valence-electron chi connectivity index (χ4n) is 1.73. The highest BCUT2D eigenvalue weighted by Crippen LogP contribution is 2.14. The monoisotopic (exact) mass is 216 g/mol. The molecule has 0 unspecified atom stereocenters. The molecule has 82 valence electrons. The van der Waals surface area contributed by atoms with Crippen molar-refractivity contribution in [3.63, 3.8) is 0 Å². The van der Waals surface area contributed by atoms with Crippen LogP contribution in [0.25, 0.3) is 10.8 Å². The van der Waals surface area contributed by atoms with E-state index in [1.165, 1.54) is 4.57 Å². The molecule has 2 aromatic rings. The molecule has 0 atom stereocenters. The van der Waals surface area contributed by atoms with Gasteiger partial charge in [-0.2, -0.15) is 0 Å². The van der Waals surface area contributed by atoms with Crippen molar-refractivity contribution in [2.75, 3.05) is 7.05 Å². The zero-order valence-electron chi connectivity index (χ0n) is 9.15. The molecular weight excluding hydrogens is 204 g/mol. The third-order valence-corrected chi connectivity index (χ3v) is 2.56. The van der Waals surface area contributed by atoms with Gasteiger partial charge in [-0.25, -0.2) is 0 Å². The van der Waals surface area contributed by atoms with E-state index in [1.807, 2.05) is 6.07 Å². The largest absolute Gasteiger partial charge is 0.355 e. The van der Waals surface area contributed by atoms with Crippen molar-refractivity contribution in [2.45, 2.75) is 0 Å². The third kappa shape index (κ3) is 1.48. The van der Waals surface area contributed by atoms with Crippen LogP contribution in [0.4, 0.5) is 0 Å². The highest BCUT2D eigenvalue weighted by Gasteiger charge is 2.11. The molecule has 1 heterocycles. The molecule has 1 aromatic carbocycles. The average Bonchev–Trinajstić information content (AvgIpc) is 2.33. The second-order valence-electron chi connectivity index (χ2n) is 3.58. The molecule has 4 heteroatoms. The number of hydrogen-bond acceptors (Lipinski definition) is 2. The molecule has 2 rings (SSSR count). The van der Waals surface area contributed by atoms with E-state index in [4.69, 9.17) is 0 Å². The summed E-state index contributed by atoms with van der Waals surface area (Å²) >= 11 is 0. The van der Waals surface area contributed by atoms with Crippen molar-refractivity contribution in [3.05, 3.63) is 46.4 Å². The van der Waals surface area contributed by atoms with E-state index in [0.717, 1.165) is 0 Å². The maximum atomic E-state index is 11.8. The van der Waals surface area contributed by atoms with Crippen LogP contribution in [0.1, 0.15) is 10.4 Å². The molecular formula is C12H12N2O2. The molecule has 16 heavy (non-hydrogen) atoms.